The number of nitrogens with two attached hydrogens (primary N) is 1. The molecule has 1 heterocycles. The smallest absolute Gasteiger partial charge is 0.451 e. The minimum absolute atomic E-state index is 0.132. The first-order valence-electron chi connectivity index (χ1n) is 7.64. The summed E-state index contributed by atoms with van der Waals surface area (Å²) in [5.74, 6) is -1.98. The number of carboxylic acids is 1. The van der Waals surface area contributed by atoms with Gasteiger partial charge in [0.2, 0.25) is 5.91 Å². The van der Waals surface area contributed by atoms with Crippen molar-refractivity contribution in [3.05, 3.63) is 0 Å². The highest BCUT2D eigenvalue weighted by Gasteiger charge is 2.41. The van der Waals surface area contributed by atoms with Crippen molar-refractivity contribution < 1.29 is 29.9 Å². The topological polar surface area (TPSA) is 165 Å². The minimum atomic E-state index is -1.44. The van der Waals surface area contributed by atoms with E-state index in [1.807, 2.05) is 0 Å². The fraction of sp³-hybridized carbons (Fsp3) is 0.846. The fourth-order valence-electron chi connectivity index (χ4n) is 2.71. The normalized spacial score (nSPS) is 25.9. The van der Waals surface area contributed by atoms with Gasteiger partial charge in [0.25, 0.3) is 0 Å². The number of amides is 1. The van der Waals surface area contributed by atoms with Gasteiger partial charge in [-0.05, 0) is 26.6 Å². The quantitative estimate of drug-likeness (QED) is 0.240. The Bertz CT molecular complexity index is 428. The average Bonchev–Trinajstić information content (AvgIpc) is 2.79. The molecular weight excluding hydrogens is 305 g/mol. The van der Waals surface area contributed by atoms with Crippen LogP contribution in [0.4, 0.5) is 0 Å². The van der Waals surface area contributed by atoms with Crippen molar-refractivity contribution in [2.75, 3.05) is 6.54 Å². The summed E-state index contributed by atoms with van der Waals surface area (Å²) in [5.41, 5.74) is 4.30. The lowest BCUT2D eigenvalue weighted by Crippen LogP contribution is -2.56. The lowest BCUT2D eigenvalue weighted by Gasteiger charge is -2.28. The lowest BCUT2D eigenvalue weighted by atomic mass is 9.80. The molecule has 4 unspecified atom stereocenters. The SMILES string of the molecule is CC(C)(O)C(N)C(=O)NC1CNC(C(=O)O)C1CCCB(O)O. The molecule has 132 valence electrons. The van der Waals surface area contributed by atoms with E-state index in [1.54, 1.807) is 0 Å². The third-order valence-corrected chi connectivity index (χ3v) is 4.14. The summed E-state index contributed by atoms with van der Waals surface area (Å²) >= 11 is 0. The van der Waals surface area contributed by atoms with Crippen LogP contribution in [0, 0.1) is 5.92 Å². The van der Waals surface area contributed by atoms with Crippen LogP contribution in [-0.4, -0.2) is 69.5 Å². The number of nitrogens with one attached hydrogen (secondary N) is 2. The Morgan fingerprint density at radius 2 is 2.04 bits per heavy atom. The first kappa shape index (κ1) is 19.9. The summed E-state index contributed by atoms with van der Waals surface area (Å²) < 4.78 is 0. The molecule has 0 aromatic carbocycles. The van der Waals surface area contributed by atoms with Crippen LogP contribution < -0.4 is 16.4 Å². The predicted octanol–water partition coefficient (Wildman–Crippen LogP) is -2.50. The average molecular weight is 331 g/mol. The molecule has 0 spiro atoms. The number of carbonyl (C=O) groups is 2. The highest BCUT2D eigenvalue weighted by atomic mass is 16.4. The van der Waals surface area contributed by atoms with Crippen LogP contribution in [0.3, 0.4) is 0 Å². The van der Waals surface area contributed by atoms with E-state index in [-0.39, 0.29) is 12.9 Å². The van der Waals surface area contributed by atoms with Gasteiger partial charge in [-0.1, -0.05) is 6.42 Å². The molecule has 1 fully saturated rings. The second-order valence-corrected chi connectivity index (χ2v) is 6.55. The van der Waals surface area contributed by atoms with Gasteiger partial charge in [0, 0.05) is 18.5 Å². The summed E-state index contributed by atoms with van der Waals surface area (Å²) in [6.07, 6.45) is 0.953. The summed E-state index contributed by atoms with van der Waals surface area (Å²) in [7, 11) is -1.44. The Kier molecular flexibility index (Phi) is 6.96. The van der Waals surface area contributed by atoms with Crippen molar-refractivity contribution in [1.82, 2.24) is 10.6 Å². The van der Waals surface area contributed by atoms with E-state index < -0.39 is 48.6 Å². The number of rotatable bonds is 8. The number of carbonyl (C=O) groups excluding carboxylic acids is 1. The largest absolute Gasteiger partial charge is 0.480 e. The van der Waals surface area contributed by atoms with E-state index in [1.165, 1.54) is 13.8 Å². The van der Waals surface area contributed by atoms with Gasteiger partial charge < -0.3 is 36.6 Å². The third kappa shape index (κ3) is 5.74. The molecule has 8 N–H and O–H groups in total. The molecule has 1 aliphatic rings. The number of aliphatic hydroxyl groups is 1. The van der Waals surface area contributed by atoms with E-state index in [0.717, 1.165) is 0 Å². The Labute approximate surface area is 135 Å². The molecule has 23 heavy (non-hydrogen) atoms. The van der Waals surface area contributed by atoms with Gasteiger partial charge in [-0.3, -0.25) is 9.59 Å². The molecule has 1 saturated heterocycles. The van der Waals surface area contributed by atoms with Gasteiger partial charge in [0.15, 0.2) is 0 Å². The van der Waals surface area contributed by atoms with Crippen LogP contribution >= 0.6 is 0 Å². The van der Waals surface area contributed by atoms with Crippen molar-refractivity contribution in [1.29, 1.82) is 0 Å². The molecule has 0 bridgehead atoms. The van der Waals surface area contributed by atoms with Gasteiger partial charge in [0.1, 0.15) is 12.1 Å². The van der Waals surface area contributed by atoms with Gasteiger partial charge in [0.05, 0.1) is 5.60 Å². The molecule has 0 aromatic rings. The van der Waals surface area contributed by atoms with Gasteiger partial charge in [-0.2, -0.15) is 0 Å². The minimum Gasteiger partial charge on any atom is -0.480 e. The zero-order valence-electron chi connectivity index (χ0n) is 13.4. The zero-order chi connectivity index (χ0) is 17.8. The van der Waals surface area contributed by atoms with Crippen LogP contribution in [0.25, 0.3) is 0 Å². The highest BCUT2D eigenvalue weighted by molar-refractivity contribution is 6.40. The molecule has 0 aromatic heterocycles. The monoisotopic (exact) mass is 331 g/mol. The highest BCUT2D eigenvalue weighted by Crippen LogP contribution is 2.23. The fourth-order valence-corrected chi connectivity index (χ4v) is 2.71. The second-order valence-electron chi connectivity index (χ2n) is 6.55. The zero-order valence-corrected chi connectivity index (χ0v) is 13.4. The summed E-state index contributed by atoms with van der Waals surface area (Å²) in [6.45, 7) is 3.11. The van der Waals surface area contributed by atoms with E-state index in [0.29, 0.717) is 12.8 Å². The molecule has 0 aliphatic carbocycles. The number of carboxylic acid groups (broad SMARTS) is 1. The van der Waals surface area contributed by atoms with Gasteiger partial charge in [-0.25, -0.2) is 0 Å². The van der Waals surface area contributed by atoms with Gasteiger partial charge >= 0.3 is 13.1 Å². The summed E-state index contributed by atoms with van der Waals surface area (Å²) in [6, 6.07) is -2.41. The van der Waals surface area contributed by atoms with Crippen molar-refractivity contribution in [3.63, 3.8) is 0 Å². The van der Waals surface area contributed by atoms with Crippen molar-refractivity contribution in [2.24, 2.45) is 11.7 Å². The maximum absolute atomic E-state index is 12.1. The van der Waals surface area contributed by atoms with E-state index in [9.17, 15) is 19.8 Å². The lowest BCUT2D eigenvalue weighted by molar-refractivity contribution is -0.140. The maximum atomic E-state index is 12.1. The van der Waals surface area contributed by atoms with Crippen LogP contribution in [-0.2, 0) is 9.59 Å². The summed E-state index contributed by atoms with van der Waals surface area (Å²) in [4.78, 5) is 23.4. The number of aliphatic carboxylic acids is 1. The molecule has 0 saturated carbocycles. The van der Waals surface area contributed by atoms with Crippen molar-refractivity contribution >= 4 is 19.0 Å². The van der Waals surface area contributed by atoms with Crippen molar-refractivity contribution in [3.8, 4) is 0 Å². The number of hydrogen-bond donors (Lipinski definition) is 7. The standard InChI is InChI=1S/C13H26BN3O6/c1-13(2,21)10(15)11(18)17-8-6-16-9(12(19)20)7(8)4-3-5-14(22)23/h7-10,16,21-23H,3-6,15H2,1-2H3,(H,17,18)(H,19,20). The van der Waals surface area contributed by atoms with Crippen LogP contribution in [0.2, 0.25) is 6.32 Å². The first-order chi connectivity index (χ1) is 10.5. The molecule has 0 radical (unpaired) electrons. The maximum Gasteiger partial charge on any atom is 0.451 e. The number of hydrogen-bond acceptors (Lipinski definition) is 7. The van der Waals surface area contributed by atoms with E-state index in [2.05, 4.69) is 10.6 Å². The van der Waals surface area contributed by atoms with Crippen molar-refractivity contribution in [2.45, 2.75) is 56.7 Å². The Balaban J connectivity index is 2.71. The summed E-state index contributed by atoms with van der Waals surface area (Å²) in [5, 5.41) is 42.3. The first-order valence-corrected chi connectivity index (χ1v) is 7.64. The van der Waals surface area contributed by atoms with Crippen LogP contribution in [0.15, 0.2) is 0 Å². The van der Waals surface area contributed by atoms with Crippen LogP contribution in [0.5, 0.6) is 0 Å². The molecule has 1 rings (SSSR count). The Morgan fingerprint density at radius 3 is 2.52 bits per heavy atom. The molecule has 1 amide bonds. The Morgan fingerprint density at radius 1 is 1.43 bits per heavy atom. The molecule has 4 atom stereocenters. The van der Waals surface area contributed by atoms with Crippen LogP contribution in [0.1, 0.15) is 26.7 Å². The molecule has 10 heteroatoms. The molecule has 9 nitrogen and oxygen atoms in total. The third-order valence-electron chi connectivity index (χ3n) is 4.14. The second kappa shape index (κ2) is 8.07. The van der Waals surface area contributed by atoms with Gasteiger partial charge in [-0.15, -0.1) is 0 Å². The molecule has 1 aliphatic heterocycles. The predicted molar refractivity (Wildman–Crippen MR) is 83.4 cm³/mol. The van der Waals surface area contributed by atoms with E-state index >= 15 is 0 Å². The Hall–Kier alpha value is -1.20. The van der Waals surface area contributed by atoms with E-state index in [4.69, 9.17) is 15.8 Å². The molecular formula is C13H26BN3O6.